The Morgan fingerprint density at radius 3 is 0.200 bits per heavy atom. The second-order valence-electron chi connectivity index (χ2n) is 1.71. The Labute approximate surface area is 275 Å². The molecule has 278 valence electrons. The monoisotopic (exact) mass is 599 g/mol. The fourth-order valence-corrected chi connectivity index (χ4v) is 0. The van der Waals surface area contributed by atoms with Crippen molar-refractivity contribution >= 4 is 0 Å². The zero-order chi connectivity index (χ0) is 38.1. The van der Waals surface area contributed by atoms with Crippen LogP contribution in [0.5, 0.6) is 0 Å². The SMILES string of the molecule is C.CC.CC.CC.CC.CC.CC.CC.CC.CC.CC.CC.CC.CC.CC.CC.CC.CCC.CCCC. The van der Waals surface area contributed by atoms with Crippen molar-refractivity contribution in [3.05, 3.63) is 0 Å². The van der Waals surface area contributed by atoms with Crippen molar-refractivity contribution < 1.29 is 0 Å². The van der Waals surface area contributed by atoms with Gasteiger partial charge in [0.2, 0.25) is 0 Å². The van der Waals surface area contributed by atoms with Crippen molar-refractivity contribution in [3.8, 4) is 0 Å². The lowest BCUT2D eigenvalue weighted by Gasteiger charge is -1.68. The van der Waals surface area contributed by atoms with E-state index in [9.17, 15) is 0 Å². The van der Waals surface area contributed by atoms with Gasteiger partial charge in [0.25, 0.3) is 0 Å². The zero-order valence-corrected chi connectivity index (χ0v) is 38.1. The van der Waals surface area contributed by atoms with E-state index in [1.165, 1.54) is 19.3 Å². The minimum absolute atomic E-state index is 0. The van der Waals surface area contributed by atoms with Gasteiger partial charge in [0.05, 0.1) is 0 Å². The minimum Gasteiger partial charge on any atom is -0.0776 e. The van der Waals surface area contributed by atoms with Crippen LogP contribution < -0.4 is 0 Å². The van der Waals surface area contributed by atoms with E-state index in [-0.39, 0.29) is 7.43 Å². The maximum Gasteiger partial charge on any atom is -0.0564 e. The molecule has 0 bridgehead atoms. The first-order valence-corrected chi connectivity index (χ1v) is 19.3. The number of hydrogen-bond donors (Lipinski definition) is 0. The summed E-state index contributed by atoms with van der Waals surface area (Å²) in [6, 6.07) is 0. The fourth-order valence-electron chi connectivity index (χ4n) is 0. The molecule has 0 aromatic rings. The molecule has 0 rings (SSSR count). The summed E-state index contributed by atoms with van der Waals surface area (Å²) in [5.74, 6) is 0. The van der Waals surface area contributed by atoms with E-state index in [4.69, 9.17) is 0 Å². The van der Waals surface area contributed by atoms with Gasteiger partial charge in [-0.1, -0.05) is 276 Å². The molecule has 0 N–H and O–H groups in total. The molecule has 0 aliphatic carbocycles. The lowest BCUT2D eigenvalue weighted by molar-refractivity contribution is 0.886. The van der Waals surface area contributed by atoms with Crippen molar-refractivity contribution in [1.29, 1.82) is 0 Å². The van der Waals surface area contributed by atoms with Crippen molar-refractivity contribution in [2.24, 2.45) is 0 Å². The maximum absolute atomic E-state index is 2.18. The van der Waals surface area contributed by atoms with E-state index < -0.39 is 0 Å². The third kappa shape index (κ3) is 52000. The van der Waals surface area contributed by atoms with Crippen LogP contribution in [0.4, 0.5) is 0 Å². The van der Waals surface area contributed by atoms with E-state index >= 15 is 0 Å². The predicted octanol–water partition coefficient (Wildman–Crippen LogP) is 20.3. The maximum atomic E-state index is 2.18. The van der Waals surface area contributed by atoms with Gasteiger partial charge in [0, 0.05) is 0 Å². The van der Waals surface area contributed by atoms with E-state index in [2.05, 4.69) is 27.7 Å². The van der Waals surface area contributed by atoms with E-state index in [1.807, 2.05) is 222 Å². The molecule has 0 aromatic heterocycles. The van der Waals surface area contributed by atoms with E-state index in [1.54, 1.807) is 0 Å². The van der Waals surface area contributed by atoms with Gasteiger partial charge >= 0.3 is 0 Å². The molecule has 0 nitrogen and oxygen atoms in total. The van der Waals surface area contributed by atoms with Crippen molar-refractivity contribution in [2.45, 2.75) is 276 Å². The van der Waals surface area contributed by atoms with Gasteiger partial charge in [0.1, 0.15) is 0 Å². The third-order valence-electron chi connectivity index (χ3n) is 0.500. The van der Waals surface area contributed by atoms with Gasteiger partial charge in [0.15, 0.2) is 0 Å². The molecule has 40 heavy (non-hydrogen) atoms. The second kappa shape index (κ2) is 6260. The van der Waals surface area contributed by atoms with Gasteiger partial charge in [-0.05, 0) is 0 Å². The molecule has 0 saturated carbocycles. The second-order valence-corrected chi connectivity index (χ2v) is 1.71. The third-order valence-corrected chi connectivity index (χ3v) is 0.500. The molecule has 0 fully saturated rings. The molecule has 0 saturated heterocycles. The van der Waals surface area contributed by atoms with Gasteiger partial charge in [-0.25, -0.2) is 0 Å². The molecule has 0 radical (unpaired) electrons. The van der Waals surface area contributed by atoms with Crippen LogP contribution in [0, 0.1) is 0 Å². The first kappa shape index (κ1) is 138. The molecule has 0 aromatic carbocycles. The highest BCUT2D eigenvalue weighted by Gasteiger charge is 1.56. The Balaban J connectivity index is -0.00000000690. The summed E-state index contributed by atoms with van der Waals surface area (Å²) in [5.41, 5.74) is 0. The fraction of sp³-hybridized carbons (Fsp3) is 1.00. The van der Waals surface area contributed by atoms with Crippen LogP contribution in [0.3, 0.4) is 0 Å². The topological polar surface area (TPSA) is 0 Å². The molecule has 0 heteroatoms. The quantitative estimate of drug-likeness (QED) is 0.281. The molecule has 0 atom stereocenters. The molecule has 0 aliphatic heterocycles. The first-order chi connectivity index (χ1) is 19.3. The Morgan fingerprint density at radius 1 is 0.175 bits per heavy atom. The van der Waals surface area contributed by atoms with Gasteiger partial charge in [-0.15, -0.1) is 0 Å². The molecular formula is C40H118. The summed E-state index contributed by atoms with van der Waals surface area (Å²) in [4.78, 5) is 0. The lowest BCUT2D eigenvalue weighted by atomic mass is 10.4. The van der Waals surface area contributed by atoms with Crippen LogP contribution in [0.25, 0.3) is 0 Å². The Morgan fingerprint density at radius 2 is 0.200 bits per heavy atom. The van der Waals surface area contributed by atoms with Gasteiger partial charge < -0.3 is 0 Å². The standard InChI is InChI=1S/C4H10.C3H8.16C2H6.CH4/c1-3-4-2;1-3-2;16*1-2;/h3-4H2,1-2H3;3H2,1-2H3;16*1-2H3;1H4. The molecule has 0 spiro atoms. The number of hydrogen-bond acceptors (Lipinski definition) is 0. The number of rotatable bonds is 1. The Bertz CT molecular complexity index is 7.51. The normalized spacial score (nSPS) is 3.60. The van der Waals surface area contributed by atoms with E-state index in [0.717, 1.165) is 0 Å². The summed E-state index contributed by atoms with van der Waals surface area (Å²) < 4.78 is 0. The summed E-state index contributed by atoms with van der Waals surface area (Å²) in [6.45, 7) is 72.6. The highest BCUT2D eigenvalue weighted by molar-refractivity contribution is 4.12. The highest BCUT2D eigenvalue weighted by Crippen LogP contribution is 1.76. The summed E-state index contributed by atoms with van der Waals surface area (Å²) in [6.07, 6.45) is 3.89. The average Bonchev–Trinajstić information content (AvgIpc) is 3.15. The Kier molecular flexibility index (Phi) is 21600. The lowest BCUT2D eigenvalue weighted by Crippen LogP contribution is -1.47. The summed E-state index contributed by atoms with van der Waals surface area (Å²) in [5, 5.41) is 0. The highest BCUT2D eigenvalue weighted by atomic mass is 13.6. The van der Waals surface area contributed by atoms with Gasteiger partial charge in [-0.3, -0.25) is 0 Å². The molecule has 0 unspecified atom stereocenters. The summed E-state index contributed by atoms with van der Waals surface area (Å²) >= 11 is 0. The van der Waals surface area contributed by atoms with Crippen LogP contribution in [-0.2, 0) is 0 Å². The predicted molar refractivity (Wildman–Crippen MR) is 225 cm³/mol. The first-order valence-electron chi connectivity index (χ1n) is 19.3. The average molecular weight is 599 g/mol. The van der Waals surface area contributed by atoms with Crippen LogP contribution in [-0.4, -0.2) is 0 Å². The van der Waals surface area contributed by atoms with Crippen LogP contribution in [0.15, 0.2) is 0 Å². The summed E-state index contributed by atoms with van der Waals surface area (Å²) in [7, 11) is 0. The Hall–Kier alpha value is 0. The molecular weight excluding hydrogens is 480 g/mol. The van der Waals surface area contributed by atoms with E-state index in [0.29, 0.717) is 0 Å². The number of unbranched alkanes of at least 4 members (excludes halogenated alkanes) is 1. The van der Waals surface area contributed by atoms with Crippen LogP contribution >= 0.6 is 0 Å². The zero-order valence-electron chi connectivity index (χ0n) is 38.1. The largest absolute Gasteiger partial charge is 0.0776 e. The minimum atomic E-state index is 0. The van der Waals surface area contributed by atoms with Crippen LogP contribution in [0.1, 0.15) is 276 Å². The van der Waals surface area contributed by atoms with Crippen molar-refractivity contribution in [1.82, 2.24) is 0 Å². The van der Waals surface area contributed by atoms with Crippen molar-refractivity contribution in [3.63, 3.8) is 0 Å². The molecule has 0 aliphatic rings. The van der Waals surface area contributed by atoms with Gasteiger partial charge in [-0.2, -0.15) is 0 Å². The van der Waals surface area contributed by atoms with Crippen LogP contribution in [0.2, 0.25) is 0 Å². The molecule has 0 amide bonds. The molecule has 0 heterocycles. The van der Waals surface area contributed by atoms with Crippen molar-refractivity contribution in [2.75, 3.05) is 0 Å². The smallest absolute Gasteiger partial charge is 0.0564 e.